The maximum Gasteiger partial charge on any atom is 0.334 e. The van der Waals surface area contributed by atoms with Crippen LogP contribution in [0.25, 0.3) is 0 Å². The summed E-state index contributed by atoms with van der Waals surface area (Å²) in [7, 11) is 0. The van der Waals surface area contributed by atoms with Gasteiger partial charge in [0.05, 0.1) is 19.1 Å². The minimum atomic E-state index is -2.48. The molecular weight excluding hydrogens is 805 g/mol. The van der Waals surface area contributed by atoms with Gasteiger partial charge in [0.25, 0.3) is 0 Å². The topological polar surface area (TPSA) is 247 Å². The third-order valence-electron chi connectivity index (χ3n) is 12.0. The highest BCUT2D eigenvalue weighted by Crippen LogP contribution is 2.53. The molecule has 2 aliphatic rings. The number of aliphatic hydroxyl groups excluding tert-OH is 2. The van der Waals surface area contributed by atoms with Crippen molar-refractivity contribution in [3.8, 4) is 0 Å². The van der Waals surface area contributed by atoms with E-state index in [0.29, 0.717) is 19.4 Å². The van der Waals surface area contributed by atoms with Gasteiger partial charge in [-0.15, -0.1) is 0 Å². The lowest BCUT2D eigenvalue weighted by Crippen LogP contribution is -2.58. The van der Waals surface area contributed by atoms with Gasteiger partial charge in [-0.25, -0.2) is 4.79 Å². The third kappa shape index (κ3) is 16.0. The number of hydrogen-bond acceptors (Lipinski definition) is 15. The highest BCUT2D eigenvalue weighted by atomic mass is 16.6. The zero-order valence-corrected chi connectivity index (χ0v) is 38.3. The van der Waals surface area contributed by atoms with Gasteiger partial charge in [-0.2, -0.15) is 0 Å². The summed E-state index contributed by atoms with van der Waals surface area (Å²) in [4.78, 5) is 78.1. The molecule has 16 heteroatoms. The molecule has 0 aliphatic heterocycles. The molecule has 354 valence electrons. The van der Waals surface area contributed by atoms with E-state index in [1.54, 1.807) is 33.8 Å². The van der Waals surface area contributed by atoms with Crippen molar-refractivity contribution >= 4 is 35.8 Å². The number of hydrogen-bond donors (Lipinski definition) is 5. The maximum atomic E-state index is 13.6. The number of fused-ring (bicyclic) bond motifs is 1. The van der Waals surface area contributed by atoms with Crippen LogP contribution >= 0.6 is 0 Å². The van der Waals surface area contributed by atoms with Gasteiger partial charge in [0, 0.05) is 44.7 Å². The van der Waals surface area contributed by atoms with E-state index in [9.17, 15) is 39.0 Å². The number of amides is 1. The molecule has 0 unspecified atom stereocenters. The van der Waals surface area contributed by atoms with Crippen molar-refractivity contribution in [2.75, 3.05) is 19.8 Å². The predicted octanol–water partition coefficient (Wildman–Crippen LogP) is 5.10. The number of rotatable bonds is 28. The molecule has 0 aromatic carbocycles. The van der Waals surface area contributed by atoms with Crippen LogP contribution in [0.1, 0.15) is 164 Å². The Hall–Kier alpha value is -3.86. The van der Waals surface area contributed by atoms with Gasteiger partial charge in [-0.3, -0.25) is 24.0 Å². The SMILES string of the molecule is C/C=C(/C)C(=O)O[C@H]1C(C)=C2[C@H]([C@@H]1OC(=O)CCCCCCC)[C@@](C)(OC(C)=O)C[C@H](OC(=O)CCCCCCCCCCCNC(=O)[C@H](N)CO)[C@](O)(CO)[C@H]2OC(=O)CC. The zero-order valence-electron chi connectivity index (χ0n) is 38.3. The second-order valence-electron chi connectivity index (χ2n) is 17.0. The summed E-state index contributed by atoms with van der Waals surface area (Å²) in [6, 6.07) is -0.907. The predicted molar refractivity (Wildman–Crippen MR) is 230 cm³/mol. The lowest BCUT2D eigenvalue weighted by molar-refractivity contribution is -0.205. The summed E-state index contributed by atoms with van der Waals surface area (Å²) in [5, 5.41) is 35.2. The molecular formula is C46H76N2O14. The number of allylic oxidation sites excluding steroid dienone is 1. The lowest BCUT2D eigenvalue weighted by atomic mass is 9.79. The van der Waals surface area contributed by atoms with Crippen LogP contribution in [0.5, 0.6) is 0 Å². The van der Waals surface area contributed by atoms with E-state index in [1.165, 1.54) is 13.8 Å². The average Bonchev–Trinajstić information content (AvgIpc) is 3.46. The van der Waals surface area contributed by atoms with Crippen molar-refractivity contribution in [2.24, 2.45) is 11.7 Å². The molecule has 0 bridgehead atoms. The Balaban J connectivity index is 2.35. The molecule has 0 aromatic rings. The number of nitrogens with one attached hydrogen (secondary N) is 1. The number of ether oxygens (including phenoxy) is 5. The number of esters is 5. The van der Waals surface area contributed by atoms with E-state index in [-0.39, 0.29) is 41.9 Å². The molecule has 1 amide bonds. The monoisotopic (exact) mass is 881 g/mol. The van der Waals surface area contributed by atoms with Crippen LogP contribution in [0.15, 0.2) is 22.8 Å². The van der Waals surface area contributed by atoms with Gasteiger partial charge >= 0.3 is 29.8 Å². The lowest BCUT2D eigenvalue weighted by Gasteiger charge is -2.40. The number of aliphatic hydroxyl groups is 3. The van der Waals surface area contributed by atoms with Crippen LogP contribution in [0.3, 0.4) is 0 Å². The normalized spacial score (nSPS) is 25.3. The largest absolute Gasteiger partial charge is 0.459 e. The molecule has 0 heterocycles. The van der Waals surface area contributed by atoms with Gasteiger partial charge in [-0.05, 0) is 58.1 Å². The standard InChI is InChI=1S/C46H76N2O14/c1-8-11-12-18-21-25-37(54)59-41-39-38(31(5)40(41)61-44(56)30(4)9-2)42(60-35(52)10-3)46(57,29-50)34(27-45(39,7)62-32(6)51)58-36(53)24-22-19-16-14-13-15-17-20-23-26-48-43(55)33(47)28-49/h9,33-34,39-42,49-50,57H,8,10-29,47H2,1-7H3,(H,48,55)/b30-9-/t33-,34+,39-,40+,41+,42+,45+,46-/m1/s1. The highest BCUT2D eigenvalue weighted by Gasteiger charge is 2.66. The van der Waals surface area contributed by atoms with Crippen molar-refractivity contribution in [3.63, 3.8) is 0 Å². The molecule has 6 N–H and O–H groups in total. The van der Waals surface area contributed by atoms with E-state index >= 15 is 0 Å². The molecule has 8 atom stereocenters. The van der Waals surface area contributed by atoms with E-state index in [2.05, 4.69) is 12.2 Å². The van der Waals surface area contributed by atoms with Crippen LogP contribution in [0, 0.1) is 5.92 Å². The Morgan fingerprint density at radius 1 is 0.806 bits per heavy atom. The van der Waals surface area contributed by atoms with Crippen molar-refractivity contribution in [2.45, 2.75) is 206 Å². The fourth-order valence-electron chi connectivity index (χ4n) is 8.28. The molecule has 1 saturated carbocycles. The number of carbonyl (C=O) groups is 6. The minimum absolute atomic E-state index is 0.0146. The summed E-state index contributed by atoms with van der Waals surface area (Å²) >= 11 is 0. The van der Waals surface area contributed by atoms with Crippen molar-refractivity contribution in [1.29, 1.82) is 0 Å². The molecule has 0 spiro atoms. The van der Waals surface area contributed by atoms with Gasteiger partial charge in [0.2, 0.25) is 5.91 Å². The summed E-state index contributed by atoms with van der Waals surface area (Å²) in [5.74, 6) is -5.05. The Kier molecular flexibility index (Phi) is 23.9. The molecule has 0 radical (unpaired) electrons. The van der Waals surface area contributed by atoms with Crippen LogP contribution in [-0.2, 0) is 52.5 Å². The Bertz CT molecular complexity index is 1550. The van der Waals surface area contributed by atoms with Crippen LogP contribution in [0.2, 0.25) is 0 Å². The first-order valence-corrected chi connectivity index (χ1v) is 22.7. The van der Waals surface area contributed by atoms with Crippen molar-refractivity contribution in [1.82, 2.24) is 5.32 Å². The molecule has 2 aliphatic carbocycles. The Morgan fingerprint density at radius 2 is 1.35 bits per heavy atom. The summed E-state index contributed by atoms with van der Waals surface area (Å²) in [6.07, 6.45) is 7.36. The maximum absolute atomic E-state index is 13.6. The van der Waals surface area contributed by atoms with Gasteiger partial charge in [-0.1, -0.05) is 90.6 Å². The fourth-order valence-corrected chi connectivity index (χ4v) is 8.28. The Morgan fingerprint density at radius 3 is 1.87 bits per heavy atom. The molecule has 1 fully saturated rings. The Labute approximate surface area is 368 Å². The first-order valence-electron chi connectivity index (χ1n) is 22.7. The third-order valence-corrected chi connectivity index (χ3v) is 12.0. The quantitative estimate of drug-likeness (QED) is 0.0226. The van der Waals surface area contributed by atoms with Crippen LogP contribution in [-0.4, -0.2) is 112 Å². The highest BCUT2D eigenvalue weighted by molar-refractivity contribution is 5.88. The summed E-state index contributed by atoms with van der Waals surface area (Å²) < 4.78 is 30.1. The van der Waals surface area contributed by atoms with Gasteiger partial charge in [0.15, 0.2) is 23.9 Å². The number of nitrogens with two attached hydrogens (primary N) is 1. The zero-order chi connectivity index (χ0) is 46.5. The fraction of sp³-hybridized carbons (Fsp3) is 0.783. The molecule has 16 nitrogen and oxygen atoms in total. The average molecular weight is 881 g/mol. The molecule has 62 heavy (non-hydrogen) atoms. The molecule has 0 saturated heterocycles. The second-order valence-corrected chi connectivity index (χ2v) is 17.0. The van der Waals surface area contributed by atoms with Crippen LogP contribution in [0.4, 0.5) is 0 Å². The van der Waals surface area contributed by atoms with Crippen molar-refractivity contribution in [3.05, 3.63) is 22.8 Å². The van der Waals surface area contributed by atoms with E-state index in [1.807, 2.05) is 0 Å². The van der Waals surface area contributed by atoms with E-state index < -0.39 is 97.1 Å². The smallest absolute Gasteiger partial charge is 0.334 e. The first-order chi connectivity index (χ1) is 29.4. The van der Waals surface area contributed by atoms with Gasteiger partial charge < -0.3 is 50.1 Å². The molecule has 2 rings (SSSR count). The summed E-state index contributed by atoms with van der Waals surface area (Å²) in [6.45, 7) is 10.2. The molecule has 0 aromatic heterocycles. The summed E-state index contributed by atoms with van der Waals surface area (Å²) in [5.41, 5.74) is 1.94. The first kappa shape index (κ1) is 54.3. The van der Waals surface area contributed by atoms with Crippen LogP contribution < -0.4 is 11.1 Å². The number of unbranched alkanes of at least 4 members (excludes halogenated alkanes) is 12. The second kappa shape index (κ2) is 27.4. The van der Waals surface area contributed by atoms with E-state index in [0.717, 1.165) is 77.0 Å². The van der Waals surface area contributed by atoms with Gasteiger partial charge in [0.1, 0.15) is 17.7 Å². The number of carbonyl (C=O) groups excluding carboxylic acids is 6. The van der Waals surface area contributed by atoms with Crippen molar-refractivity contribution < 1.29 is 67.8 Å². The van der Waals surface area contributed by atoms with E-state index in [4.69, 9.17) is 34.5 Å². The minimum Gasteiger partial charge on any atom is -0.459 e.